The van der Waals surface area contributed by atoms with Crippen LogP contribution in [-0.2, 0) is 11.3 Å². The van der Waals surface area contributed by atoms with Gasteiger partial charge in [-0.05, 0) is 49.1 Å². The van der Waals surface area contributed by atoms with E-state index in [0.29, 0.717) is 12.5 Å². The molecule has 5 heteroatoms. The van der Waals surface area contributed by atoms with Crippen LogP contribution in [0.3, 0.4) is 0 Å². The number of aromatic amines is 1. The first kappa shape index (κ1) is 19.0. The summed E-state index contributed by atoms with van der Waals surface area (Å²) >= 11 is 0. The van der Waals surface area contributed by atoms with E-state index in [2.05, 4.69) is 29.9 Å². The number of hydrogen-bond donors (Lipinski definition) is 1. The molecule has 2 aromatic carbocycles. The van der Waals surface area contributed by atoms with Gasteiger partial charge in [0.15, 0.2) is 6.10 Å². The number of nitrogens with one attached hydrogen (secondary N) is 1. The third-order valence-corrected chi connectivity index (χ3v) is 4.73. The van der Waals surface area contributed by atoms with Crippen molar-refractivity contribution < 1.29 is 9.53 Å². The molecule has 0 saturated carbocycles. The standard InChI is InChI=1S/C22H27N3O2/c1-14(2)17-11-10-15(3)20(12-17)27-16(4)22(26)25(5)13-21-23-18-8-6-7-9-19(18)24-21/h6-12,14,16H,13H2,1-5H3,(H,23,24). The number of imidazole rings is 1. The van der Waals surface area contributed by atoms with Crippen molar-refractivity contribution in [2.45, 2.75) is 46.3 Å². The molecule has 1 unspecified atom stereocenters. The molecule has 142 valence electrons. The fraction of sp³-hybridized carbons (Fsp3) is 0.364. The van der Waals surface area contributed by atoms with Crippen LogP contribution in [0.1, 0.15) is 43.6 Å². The molecule has 0 bridgehead atoms. The zero-order valence-corrected chi connectivity index (χ0v) is 16.6. The van der Waals surface area contributed by atoms with Gasteiger partial charge >= 0.3 is 0 Å². The minimum atomic E-state index is -0.569. The monoisotopic (exact) mass is 365 g/mol. The first-order chi connectivity index (χ1) is 12.8. The number of para-hydroxylation sites is 2. The third kappa shape index (κ3) is 4.30. The highest BCUT2D eigenvalue weighted by molar-refractivity contribution is 5.81. The minimum absolute atomic E-state index is 0.0789. The second-order valence-electron chi connectivity index (χ2n) is 7.33. The van der Waals surface area contributed by atoms with E-state index >= 15 is 0 Å². The Hall–Kier alpha value is -2.82. The van der Waals surface area contributed by atoms with Gasteiger partial charge in [-0.15, -0.1) is 0 Å². The van der Waals surface area contributed by atoms with Crippen molar-refractivity contribution in [2.24, 2.45) is 0 Å². The Morgan fingerprint density at radius 2 is 1.93 bits per heavy atom. The van der Waals surface area contributed by atoms with Gasteiger partial charge in [0.2, 0.25) is 0 Å². The molecule has 1 amide bonds. The molecular formula is C22H27N3O2. The molecule has 0 fully saturated rings. The van der Waals surface area contributed by atoms with Crippen molar-refractivity contribution in [1.82, 2.24) is 14.9 Å². The van der Waals surface area contributed by atoms with Crippen LogP contribution in [0.2, 0.25) is 0 Å². The number of amides is 1. The van der Waals surface area contributed by atoms with Crippen LogP contribution >= 0.6 is 0 Å². The van der Waals surface area contributed by atoms with Crippen molar-refractivity contribution in [3.05, 3.63) is 59.4 Å². The van der Waals surface area contributed by atoms with Gasteiger partial charge < -0.3 is 14.6 Å². The predicted molar refractivity (Wildman–Crippen MR) is 108 cm³/mol. The maximum absolute atomic E-state index is 12.8. The number of nitrogens with zero attached hydrogens (tertiary/aromatic N) is 2. The first-order valence-corrected chi connectivity index (χ1v) is 9.31. The van der Waals surface area contributed by atoms with Crippen LogP contribution in [0, 0.1) is 6.92 Å². The van der Waals surface area contributed by atoms with Gasteiger partial charge in [0.05, 0.1) is 17.6 Å². The van der Waals surface area contributed by atoms with Crippen molar-refractivity contribution in [3.63, 3.8) is 0 Å². The normalized spacial score (nSPS) is 12.4. The van der Waals surface area contributed by atoms with Crippen LogP contribution in [0.4, 0.5) is 0 Å². The topological polar surface area (TPSA) is 58.2 Å². The van der Waals surface area contributed by atoms with E-state index in [0.717, 1.165) is 28.2 Å². The molecule has 0 saturated heterocycles. The summed E-state index contributed by atoms with van der Waals surface area (Å²) in [5.41, 5.74) is 4.10. The summed E-state index contributed by atoms with van der Waals surface area (Å²) in [5.74, 6) is 1.86. The second-order valence-corrected chi connectivity index (χ2v) is 7.33. The predicted octanol–water partition coefficient (Wildman–Crippen LogP) is 4.42. The maximum atomic E-state index is 12.8. The second kappa shape index (κ2) is 7.82. The Kier molecular flexibility index (Phi) is 5.49. The van der Waals surface area contributed by atoms with Crippen molar-refractivity contribution in [1.29, 1.82) is 0 Å². The van der Waals surface area contributed by atoms with E-state index < -0.39 is 6.10 Å². The first-order valence-electron chi connectivity index (χ1n) is 9.31. The average molecular weight is 365 g/mol. The van der Waals surface area contributed by atoms with E-state index in [-0.39, 0.29) is 5.91 Å². The Labute approximate surface area is 160 Å². The quantitative estimate of drug-likeness (QED) is 0.703. The van der Waals surface area contributed by atoms with Crippen LogP contribution in [0.5, 0.6) is 5.75 Å². The SMILES string of the molecule is Cc1ccc(C(C)C)cc1OC(C)C(=O)N(C)Cc1nc2ccccc2[nH]1. The van der Waals surface area contributed by atoms with E-state index in [1.807, 2.05) is 43.3 Å². The summed E-state index contributed by atoms with van der Waals surface area (Å²) in [6.07, 6.45) is -0.569. The number of fused-ring (bicyclic) bond motifs is 1. The summed E-state index contributed by atoms with van der Waals surface area (Å²) in [7, 11) is 1.77. The Balaban J connectivity index is 1.68. The summed E-state index contributed by atoms with van der Waals surface area (Å²) in [5, 5.41) is 0. The Morgan fingerprint density at radius 1 is 1.19 bits per heavy atom. The maximum Gasteiger partial charge on any atom is 0.263 e. The fourth-order valence-electron chi connectivity index (χ4n) is 3.04. The Morgan fingerprint density at radius 3 is 2.63 bits per heavy atom. The number of hydrogen-bond acceptors (Lipinski definition) is 3. The van der Waals surface area contributed by atoms with Crippen LogP contribution in [-0.4, -0.2) is 33.9 Å². The minimum Gasteiger partial charge on any atom is -0.481 e. The lowest BCUT2D eigenvalue weighted by Gasteiger charge is -2.22. The molecule has 0 spiro atoms. The lowest BCUT2D eigenvalue weighted by Crippen LogP contribution is -2.37. The molecule has 1 N–H and O–H groups in total. The van der Waals surface area contributed by atoms with Gasteiger partial charge in [-0.3, -0.25) is 4.79 Å². The summed E-state index contributed by atoms with van der Waals surface area (Å²) in [6, 6.07) is 14.0. The molecule has 3 aromatic rings. The fourth-order valence-corrected chi connectivity index (χ4v) is 3.04. The largest absolute Gasteiger partial charge is 0.481 e. The Bertz CT molecular complexity index is 913. The number of benzene rings is 2. The number of H-pyrrole nitrogens is 1. The van der Waals surface area contributed by atoms with Crippen LogP contribution in [0.25, 0.3) is 11.0 Å². The average Bonchev–Trinajstić information content (AvgIpc) is 3.04. The molecule has 0 aliphatic heterocycles. The molecule has 1 heterocycles. The molecule has 0 radical (unpaired) electrons. The number of rotatable bonds is 6. The third-order valence-electron chi connectivity index (χ3n) is 4.73. The van der Waals surface area contributed by atoms with Crippen LogP contribution in [0.15, 0.2) is 42.5 Å². The van der Waals surface area contributed by atoms with Crippen molar-refractivity contribution in [3.8, 4) is 5.75 Å². The van der Waals surface area contributed by atoms with E-state index in [9.17, 15) is 4.79 Å². The van der Waals surface area contributed by atoms with E-state index in [1.165, 1.54) is 5.56 Å². The molecule has 27 heavy (non-hydrogen) atoms. The number of likely N-dealkylation sites (N-methyl/N-ethyl adjacent to an activating group) is 1. The van der Waals surface area contributed by atoms with Gasteiger partial charge in [0, 0.05) is 7.05 Å². The highest BCUT2D eigenvalue weighted by Gasteiger charge is 2.21. The lowest BCUT2D eigenvalue weighted by atomic mass is 10.0. The number of carbonyl (C=O) groups is 1. The number of aromatic nitrogens is 2. The molecule has 3 rings (SSSR count). The van der Waals surface area contributed by atoms with Crippen LogP contribution < -0.4 is 4.74 Å². The molecule has 5 nitrogen and oxygen atoms in total. The summed E-state index contributed by atoms with van der Waals surface area (Å²) < 4.78 is 5.99. The van der Waals surface area contributed by atoms with Gasteiger partial charge in [0.1, 0.15) is 11.6 Å². The van der Waals surface area contributed by atoms with Crippen molar-refractivity contribution in [2.75, 3.05) is 7.05 Å². The van der Waals surface area contributed by atoms with Gasteiger partial charge in [-0.1, -0.05) is 38.1 Å². The molecule has 1 aromatic heterocycles. The smallest absolute Gasteiger partial charge is 0.263 e. The number of ether oxygens (including phenoxy) is 1. The zero-order chi connectivity index (χ0) is 19.6. The van der Waals surface area contributed by atoms with E-state index in [4.69, 9.17) is 4.74 Å². The molecule has 0 aliphatic carbocycles. The lowest BCUT2D eigenvalue weighted by molar-refractivity contribution is -0.137. The van der Waals surface area contributed by atoms with Crippen molar-refractivity contribution >= 4 is 16.9 Å². The highest BCUT2D eigenvalue weighted by atomic mass is 16.5. The van der Waals surface area contributed by atoms with Gasteiger partial charge in [-0.25, -0.2) is 4.98 Å². The molecule has 0 aliphatic rings. The molecule has 1 atom stereocenters. The van der Waals surface area contributed by atoms with Gasteiger partial charge in [-0.2, -0.15) is 0 Å². The number of carbonyl (C=O) groups excluding carboxylic acids is 1. The molecular weight excluding hydrogens is 338 g/mol. The zero-order valence-electron chi connectivity index (χ0n) is 16.6. The highest BCUT2D eigenvalue weighted by Crippen LogP contribution is 2.25. The summed E-state index contributed by atoms with van der Waals surface area (Å²) in [4.78, 5) is 22.2. The number of aryl methyl sites for hydroxylation is 1. The summed E-state index contributed by atoms with van der Waals surface area (Å²) in [6.45, 7) is 8.48. The van der Waals surface area contributed by atoms with Gasteiger partial charge in [0.25, 0.3) is 5.91 Å². The van der Waals surface area contributed by atoms with E-state index in [1.54, 1.807) is 18.9 Å².